The predicted molar refractivity (Wildman–Crippen MR) is 102 cm³/mol. The van der Waals surface area contributed by atoms with Crippen LogP contribution in [-0.4, -0.2) is 0 Å². The van der Waals surface area contributed by atoms with Crippen LogP contribution in [0.15, 0.2) is 42.5 Å². The van der Waals surface area contributed by atoms with Crippen LogP contribution >= 0.6 is 0 Å². The third-order valence-electron chi connectivity index (χ3n) is 3.92. The molecule has 0 aliphatic heterocycles. The van der Waals surface area contributed by atoms with E-state index >= 15 is 0 Å². The molecule has 0 bridgehead atoms. The van der Waals surface area contributed by atoms with Gasteiger partial charge in [-0.25, -0.2) is 0 Å². The normalized spacial score (nSPS) is 12.0. The number of hydrogen-bond donors (Lipinski definition) is 0. The van der Waals surface area contributed by atoms with Crippen LogP contribution in [0.3, 0.4) is 0 Å². The first-order valence-corrected chi connectivity index (χ1v) is 9.45. The molecule has 0 spiro atoms. The maximum atomic E-state index is 5.24. The Hall–Kier alpha value is -1.04. The van der Waals surface area contributed by atoms with E-state index < -0.39 is 0 Å². The second-order valence-corrected chi connectivity index (χ2v) is 6.07. The van der Waals surface area contributed by atoms with Gasteiger partial charge in [-0.05, 0) is 12.8 Å². The lowest BCUT2D eigenvalue weighted by Crippen LogP contribution is -1.82. The molecule has 0 rings (SSSR count). The SMILES string of the molecule is [CH]=C/C=C/C=C/C=C/CCCCCCCCCCCCCC. The molecule has 0 fully saturated rings. The van der Waals surface area contributed by atoms with Gasteiger partial charge in [-0.3, -0.25) is 0 Å². The van der Waals surface area contributed by atoms with E-state index in [1.807, 2.05) is 18.2 Å². The first kappa shape index (κ1) is 21.0. The van der Waals surface area contributed by atoms with E-state index in [1.165, 1.54) is 83.5 Å². The van der Waals surface area contributed by atoms with Gasteiger partial charge in [0.25, 0.3) is 0 Å². The Labute approximate surface area is 140 Å². The molecule has 0 atom stereocenters. The number of unbranched alkanes of at least 4 members (excludes halogenated alkanes) is 12. The van der Waals surface area contributed by atoms with E-state index in [-0.39, 0.29) is 0 Å². The Kier molecular flexibility index (Phi) is 19.0. The predicted octanol–water partition coefficient (Wildman–Crippen LogP) is 7.74. The molecule has 0 unspecified atom stereocenters. The molecular formula is C22H37. The summed E-state index contributed by atoms with van der Waals surface area (Å²) in [6.45, 7) is 7.52. The van der Waals surface area contributed by atoms with Crippen molar-refractivity contribution in [3.05, 3.63) is 49.1 Å². The van der Waals surface area contributed by atoms with E-state index in [0.29, 0.717) is 0 Å². The van der Waals surface area contributed by atoms with Gasteiger partial charge >= 0.3 is 0 Å². The largest absolute Gasteiger partial charge is 0.0845 e. The van der Waals surface area contributed by atoms with Crippen molar-refractivity contribution < 1.29 is 0 Å². The van der Waals surface area contributed by atoms with Crippen LogP contribution < -0.4 is 0 Å². The summed E-state index contributed by atoms with van der Waals surface area (Å²) >= 11 is 0. The monoisotopic (exact) mass is 301 g/mol. The van der Waals surface area contributed by atoms with E-state index in [1.54, 1.807) is 6.08 Å². The second-order valence-electron chi connectivity index (χ2n) is 6.07. The number of rotatable bonds is 16. The van der Waals surface area contributed by atoms with Crippen molar-refractivity contribution in [2.24, 2.45) is 0 Å². The summed E-state index contributed by atoms with van der Waals surface area (Å²) in [5, 5.41) is 0. The van der Waals surface area contributed by atoms with Crippen molar-refractivity contribution in [2.45, 2.75) is 90.4 Å². The maximum Gasteiger partial charge on any atom is -0.0348 e. The van der Waals surface area contributed by atoms with Gasteiger partial charge in [0, 0.05) is 0 Å². The van der Waals surface area contributed by atoms with Crippen molar-refractivity contribution in [2.75, 3.05) is 0 Å². The summed E-state index contributed by atoms with van der Waals surface area (Å²) in [5.74, 6) is 0. The molecule has 0 aliphatic rings. The fourth-order valence-electron chi connectivity index (χ4n) is 2.53. The zero-order valence-electron chi connectivity index (χ0n) is 14.8. The molecule has 0 amide bonds. The summed E-state index contributed by atoms with van der Waals surface area (Å²) in [5.41, 5.74) is 0. The smallest absolute Gasteiger partial charge is 0.0348 e. The van der Waals surface area contributed by atoms with Gasteiger partial charge in [-0.2, -0.15) is 0 Å². The van der Waals surface area contributed by atoms with Crippen LogP contribution in [0.4, 0.5) is 0 Å². The summed E-state index contributed by atoms with van der Waals surface area (Å²) in [6, 6.07) is 0. The van der Waals surface area contributed by atoms with Crippen molar-refractivity contribution >= 4 is 0 Å². The lowest BCUT2D eigenvalue weighted by atomic mass is 10.0. The topological polar surface area (TPSA) is 0 Å². The van der Waals surface area contributed by atoms with Crippen LogP contribution in [0, 0.1) is 6.58 Å². The highest BCUT2D eigenvalue weighted by Crippen LogP contribution is 2.12. The zero-order chi connectivity index (χ0) is 16.1. The number of allylic oxidation sites excluding steroid dienone is 7. The molecule has 0 N–H and O–H groups in total. The van der Waals surface area contributed by atoms with Crippen LogP contribution in [0.25, 0.3) is 0 Å². The summed E-state index contributed by atoms with van der Waals surface area (Å²) in [7, 11) is 0. The van der Waals surface area contributed by atoms with Crippen LogP contribution in [0.2, 0.25) is 0 Å². The molecule has 0 aromatic heterocycles. The quantitative estimate of drug-likeness (QED) is 0.202. The summed E-state index contributed by atoms with van der Waals surface area (Å²) < 4.78 is 0. The highest BCUT2D eigenvalue weighted by atomic mass is 14.0. The summed E-state index contributed by atoms with van der Waals surface area (Å²) in [4.78, 5) is 0. The molecule has 0 aromatic rings. The first-order valence-electron chi connectivity index (χ1n) is 9.45. The van der Waals surface area contributed by atoms with Gasteiger partial charge in [0.2, 0.25) is 0 Å². The standard InChI is InChI=1S/C22H37/c1-3-5-7-9-11-13-15-17-19-21-22-20-18-16-14-12-10-8-6-4-2/h1,3,5,7,9,11,13,15H,4,6,8,10,12,14,16-22H2,2H3/b3-1?,7-5+,11-9+,15-13+. The average Bonchev–Trinajstić information content (AvgIpc) is 2.54. The zero-order valence-corrected chi connectivity index (χ0v) is 14.8. The lowest BCUT2D eigenvalue weighted by Gasteiger charge is -2.02. The molecule has 0 aliphatic carbocycles. The molecule has 0 heteroatoms. The van der Waals surface area contributed by atoms with Gasteiger partial charge in [0.05, 0.1) is 0 Å². The third-order valence-corrected chi connectivity index (χ3v) is 3.92. The first-order chi connectivity index (χ1) is 10.9. The Morgan fingerprint density at radius 1 is 0.545 bits per heavy atom. The maximum absolute atomic E-state index is 5.24. The summed E-state index contributed by atoms with van der Waals surface area (Å²) in [6.07, 6.45) is 32.0. The molecule has 0 nitrogen and oxygen atoms in total. The minimum absolute atomic E-state index is 1.20. The molecule has 0 aromatic carbocycles. The Balaban J connectivity index is 3.14. The fourth-order valence-corrected chi connectivity index (χ4v) is 2.53. The molecule has 0 saturated carbocycles. The molecule has 1 radical (unpaired) electrons. The van der Waals surface area contributed by atoms with E-state index in [2.05, 4.69) is 25.2 Å². The highest BCUT2D eigenvalue weighted by molar-refractivity contribution is 5.13. The van der Waals surface area contributed by atoms with Gasteiger partial charge in [-0.15, -0.1) is 0 Å². The van der Waals surface area contributed by atoms with Gasteiger partial charge in [0.1, 0.15) is 0 Å². The highest BCUT2D eigenvalue weighted by Gasteiger charge is 1.92. The van der Waals surface area contributed by atoms with E-state index in [9.17, 15) is 0 Å². The third kappa shape index (κ3) is 19.0. The molecule has 22 heavy (non-hydrogen) atoms. The average molecular weight is 302 g/mol. The van der Waals surface area contributed by atoms with Crippen molar-refractivity contribution in [1.29, 1.82) is 0 Å². The number of hydrogen-bond acceptors (Lipinski definition) is 0. The lowest BCUT2D eigenvalue weighted by molar-refractivity contribution is 0.545. The van der Waals surface area contributed by atoms with Crippen LogP contribution in [0.1, 0.15) is 90.4 Å². The van der Waals surface area contributed by atoms with Crippen LogP contribution in [0.5, 0.6) is 0 Å². The fraction of sp³-hybridized carbons (Fsp3) is 0.636. The molecule has 125 valence electrons. The van der Waals surface area contributed by atoms with Crippen molar-refractivity contribution in [1.82, 2.24) is 0 Å². The Morgan fingerprint density at radius 3 is 1.55 bits per heavy atom. The van der Waals surface area contributed by atoms with Crippen molar-refractivity contribution in [3.63, 3.8) is 0 Å². The Bertz CT molecular complexity index is 293. The van der Waals surface area contributed by atoms with E-state index in [4.69, 9.17) is 6.58 Å². The molecule has 0 saturated heterocycles. The van der Waals surface area contributed by atoms with E-state index in [0.717, 1.165) is 0 Å². The minimum Gasteiger partial charge on any atom is -0.0845 e. The van der Waals surface area contributed by atoms with Crippen LogP contribution in [-0.2, 0) is 0 Å². The van der Waals surface area contributed by atoms with Crippen molar-refractivity contribution in [3.8, 4) is 0 Å². The van der Waals surface area contributed by atoms with Gasteiger partial charge in [-0.1, -0.05) is 127 Å². The Morgan fingerprint density at radius 2 is 1.00 bits per heavy atom. The molecular weight excluding hydrogens is 264 g/mol. The molecule has 0 heterocycles. The minimum atomic E-state index is 1.20. The second kappa shape index (κ2) is 20.0. The van der Waals surface area contributed by atoms with Gasteiger partial charge < -0.3 is 0 Å². The van der Waals surface area contributed by atoms with Gasteiger partial charge in [0.15, 0.2) is 0 Å².